The second kappa shape index (κ2) is 8.72. The fourth-order valence-electron chi connectivity index (χ4n) is 1.44. The summed E-state index contributed by atoms with van der Waals surface area (Å²) in [5.41, 5.74) is 0.888. The van der Waals surface area contributed by atoms with E-state index in [0.29, 0.717) is 32.3 Å². The van der Waals surface area contributed by atoms with Gasteiger partial charge in [-0.05, 0) is 24.6 Å². The van der Waals surface area contributed by atoms with Crippen molar-refractivity contribution in [3.8, 4) is 0 Å². The normalized spacial score (nSPS) is 11.5. The molecule has 0 bridgehead atoms. The summed E-state index contributed by atoms with van der Waals surface area (Å²) >= 11 is 5.72. The molecule has 0 aromatic heterocycles. The van der Waals surface area contributed by atoms with Crippen LogP contribution >= 0.6 is 11.6 Å². The first-order chi connectivity index (χ1) is 9.17. The number of nitrogens with zero attached hydrogens (tertiary/aromatic N) is 1. The Kier molecular flexibility index (Phi) is 7.22. The summed E-state index contributed by atoms with van der Waals surface area (Å²) in [6.07, 6.45) is 0. The Morgan fingerprint density at radius 1 is 1.42 bits per heavy atom. The Bertz CT molecular complexity index is 426. The predicted octanol–water partition coefficient (Wildman–Crippen LogP) is 2.18. The van der Waals surface area contributed by atoms with Crippen LogP contribution in [0.1, 0.15) is 12.5 Å². The van der Waals surface area contributed by atoms with Crippen LogP contribution in [0.4, 0.5) is 4.39 Å². The molecule has 0 spiro atoms. The summed E-state index contributed by atoms with van der Waals surface area (Å²) in [4.78, 5) is 4.07. The molecule has 6 heteroatoms. The molecular weight excluding hydrogens is 269 g/mol. The van der Waals surface area contributed by atoms with E-state index in [4.69, 9.17) is 16.3 Å². The highest BCUT2D eigenvalue weighted by molar-refractivity contribution is 6.30. The third-order valence-corrected chi connectivity index (χ3v) is 2.70. The van der Waals surface area contributed by atoms with Gasteiger partial charge in [-0.25, -0.2) is 4.39 Å². The topological polar surface area (TPSA) is 45.6 Å². The van der Waals surface area contributed by atoms with Gasteiger partial charge in [-0.1, -0.05) is 17.7 Å². The van der Waals surface area contributed by atoms with Gasteiger partial charge >= 0.3 is 0 Å². The molecule has 0 atom stereocenters. The van der Waals surface area contributed by atoms with E-state index in [1.165, 1.54) is 6.07 Å². The van der Waals surface area contributed by atoms with Gasteiger partial charge < -0.3 is 15.4 Å². The lowest BCUT2D eigenvalue weighted by molar-refractivity contribution is 0.152. The molecule has 0 aliphatic heterocycles. The van der Waals surface area contributed by atoms with Gasteiger partial charge in [-0.15, -0.1) is 0 Å². The highest BCUT2D eigenvalue weighted by Gasteiger charge is 2.02. The van der Waals surface area contributed by atoms with Gasteiger partial charge in [-0.3, -0.25) is 4.99 Å². The zero-order chi connectivity index (χ0) is 14.1. The summed E-state index contributed by atoms with van der Waals surface area (Å²) in [5, 5.41) is 6.34. The maximum absolute atomic E-state index is 13.0. The first-order valence-electron chi connectivity index (χ1n) is 6.13. The maximum Gasteiger partial charge on any atom is 0.191 e. The standard InChI is InChI=1S/C13H19ClFN3O/c1-3-19-7-6-17-13(16-2)18-9-10-4-5-12(15)11(14)8-10/h4-5,8H,3,6-7,9H2,1-2H3,(H2,16,17,18). The average molecular weight is 288 g/mol. The van der Waals surface area contributed by atoms with Gasteiger partial charge in [-0.2, -0.15) is 0 Å². The number of rotatable bonds is 6. The lowest BCUT2D eigenvalue weighted by Gasteiger charge is -2.12. The molecule has 0 radical (unpaired) electrons. The van der Waals surface area contributed by atoms with Gasteiger partial charge in [0.05, 0.1) is 11.6 Å². The Morgan fingerprint density at radius 2 is 2.21 bits per heavy atom. The van der Waals surface area contributed by atoms with Crippen LogP contribution in [0.2, 0.25) is 5.02 Å². The summed E-state index contributed by atoms with van der Waals surface area (Å²) < 4.78 is 18.2. The van der Waals surface area contributed by atoms with Crippen molar-refractivity contribution in [3.63, 3.8) is 0 Å². The van der Waals surface area contributed by atoms with Crippen molar-refractivity contribution >= 4 is 17.6 Å². The van der Waals surface area contributed by atoms with Crippen LogP contribution in [0.25, 0.3) is 0 Å². The smallest absolute Gasteiger partial charge is 0.191 e. The van der Waals surface area contributed by atoms with Gasteiger partial charge in [0.1, 0.15) is 5.82 Å². The van der Waals surface area contributed by atoms with Crippen molar-refractivity contribution in [1.29, 1.82) is 0 Å². The highest BCUT2D eigenvalue weighted by atomic mass is 35.5. The minimum absolute atomic E-state index is 0.124. The lowest BCUT2D eigenvalue weighted by Crippen LogP contribution is -2.38. The Labute approximate surface area is 118 Å². The summed E-state index contributed by atoms with van der Waals surface area (Å²) in [7, 11) is 1.69. The summed E-state index contributed by atoms with van der Waals surface area (Å²) in [6.45, 7) is 4.47. The summed E-state index contributed by atoms with van der Waals surface area (Å²) in [6, 6.07) is 4.63. The molecule has 1 rings (SSSR count). The second-order valence-corrected chi connectivity index (χ2v) is 4.21. The number of halogens is 2. The zero-order valence-electron chi connectivity index (χ0n) is 11.2. The van der Waals surface area contributed by atoms with Crippen LogP contribution in [-0.4, -0.2) is 32.8 Å². The van der Waals surface area contributed by atoms with Crippen LogP contribution < -0.4 is 10.6 Å². The largest absolute Gasteiger partial charge is 0.380 e. The molecule has 1 aromatic rings. The van der Waals surface area contributed by atoms with E-state index >= 15 is 0 Å². The molecule has 2 N–H and O–H groups in total. The van der Waals surface area contributed by atoms with Gasteiger partial charge in [0.25, 0.3) is 0 Å². The molecule has 0 unspecified atom stereocenters. The molecule has 4 nitrogen and oxygen atoms in total. The van der Waals surface area contributed by atoms with Crippen LogP contribution in [0.15, 0.2) is 23.2 Å². The van der Waals surface area contributed by atoms with Crippen molar-refractivity contribution in [3.05, 3.63) is 34.6 Å². The van der Waals surface area contributed by atoms with E-state index in [1.54, 1.807) is 19.2 Å². The molecule has 19 heavy (non-hydrogen) atoms. The fourth-order valence-corrected chi connectivity index (χ4v) is 1.65. The van der Waals surface area contributed by atoms with Crippen molar-refractivity contribution in [2.45, 2.75) is 13.5 Å². The number of ether oxygens (including phenoxy) is 1. The van der Waals surface area contributed by atoms with E-state index in [-0.39, 0.29) is 5.02 Å². The average Bonchev–Trinajstić information content (AvgIpc) is 2.42. The van der Waals surface area contributed by atoms with Crippen molar-refractivity contribution in [2.75, 3.05) is 26.8 Å². The third-order valence-electron chi connectivity index (χ3n) is 2.41. The number of guanidine groups is 1. The predicted molar refractivity (Wildman–Crippen MR) is 76.1 cm³/mol. The molecule has 0 amide bonds. The Hall–Kier alpha value is -1.33. The SMILES string of the molecule is CCOCCNC(=NC)NCc1ccc(F)c(Cl)c1. The number of hydrogen-bond acceptors (Lipinski definition) is 2. The van der Waals surface area contributed by atoms with Gasteiger partial charge in [0, 0.05) is 26.7 Å². The van der Waals surface area contributed by atoms with E-state index < -0.39 is 5.82 Å². The molecule has 0 fully saturated rings. The number of nitrogens with one attached hydrogen (secondary N) is 2. The molecular formula is C13H19ClFN3O. The molecule has 0 aliphatic carbocycles. The highest BCUT2D eigenvalue weighted by Crippen LogP contribution is 2.15. The fraction of sp³-hybridized carbons (Fsp3) is 0.462. The zero-order valence-corrected chi connectivity index (χ0v) is 11.9. The van der Waals surface area contributed by atoms with E-state index in [9.17, 15) is 4.39 Å². The third kappa shape index (κ3) is 5.89. The lowest BCUT2D eigenvalue weighted by atomic mass is 10.2. The molecule has 0 saturated heterocycles. The van der Waals surface area contributed by atoms with Crippen molar-refractivity contribution < 1.29 is 9.13 Å². The molecule has 0 heterocycles. The molecule has 1 aromatic carbocycles. The van der Waals surface area contributed by atoms with Crippen molar-refractivity contribution in [2.24, 2.45) is 4.99 Å². The molecule has 0 saturated carbocycles. The first-order valence-corrected chi connectivity index (χ1v) is 6.51. The molecule has 0 aliphatic rings. The maximum atomic E-state index is 13.0. The minimum Gasteiger partial charge on any atom is -0.380 e. The monoisotopic (exact) mass is 287 g/mol. The van der Waals surface area contributed by atoms with Crippen LogP contribution in [0, 0.1) is 5.82 Å². The van der Waals surface area contributed by atoms with Gasteiger partial charge in [0.15, 0.2) is 5.96 Å². The van der Waals surface area contributed by atoms with E-state index in [0.717, 1.165) is 5.56 Å². The van der Waals surface area contributed by atoms with Crippen LogP contribution in [0.3, 0.4) is 0 Å². The first kappa shape index (κ1) is 15.7. The quantitative estimate of drug-likeness (QED) is 0.479. The van der Waals surface area contributed by atoms with Crippen LogP contribution in [0.5, 0.6) is 0 Å². The van der Waals surface area contributed by atoms with Crippen molar-refractivity contribution in [1.82, 2.24) is 10.6 Å². The number of hydrogen-bond donors (Lipinski definition) is 2. The second-order valence-electron chi connectivity index (χ2n) is 3.80. The number of aliphatic imine (C=N–C) groups is 1. The Balaban J connectivity index is 2.38. The van der Waals surface area contributed by atoms with E-state index in [2.05, 4.69) is 15.6 Å². The molecule has 106 valence electrons. The van der Waals surface area contributed by atoms with Crippen LogP contribution in [-0.2, 0) is 11.3 Å². The minimum atomic E-state index is -0.412. The van der Waals surface area contributed by atoms with Gasteiger partial charge in [0.2, 0.25) is 0 Å². The van der Waals surface area contributed by atoms with E-state index in [1.807, 2.05) is 6.92 Å². The Morgan fingerprint density at radius 3 is 2.84 bits per heavy atom. The summed E-state index contributed by atoms with van der Waals surface area (Å²) in [5.74, 6) is 0.254. The number of benzene rings is 1.